The van der Waals surface area contributed by atoms with Gasteiger partial charge in [-0.3, -0.25) is 19.2 Å². The first-order valence-corrected chi connectivity index (χ1v) is 12.4. The van der Waals surface area contributed by atoms with E-state index in [1.807, 2.05) is 54.6 Å². The van der Waals surface area contributed by atoms with Gasteiger partial charge in [0, 0.05) is 29.9 Å². The highest BCUT2D eigenvalue weighted by molar-refractivity contribution is 5.93. The highest BCUT2D eigenvalue weighted by Gasteiger charge is 2.28. The Bertz CT molecular complexity index is 1320. The number of carboxylic acids is 1. The molecule has 1 heterocycles. The van der Waals surface area contributed by atoms with Crippen molar-refractivity contribution >= 4 is 40.5 Å². The number of carboxylic acid groups (broad SMARTS) is 1. The monoisotopic (exact) mass is 536 g/mol. The van der Waals surface area contributed by atoms with Crippen LogP contribution in [0.5, 0.6) is 0 Å². The second kappa shape index (κ2) is 13.7. The molecule has 0 spiro atoms. The molecule has 0 aliphatic rings. The van der Waals surface area contributed by atoms with Crippen LogP contribution in [-0.4, -0.2) is 64.4 Å². The van der Waals surface area contributed by atoms with E-state index in [0.717, 1.165) is 16.5 Å². The van der Waals surface area contributed by atoms with Crippen molar-refractivity contribution in [3.05, 3.63) is 71.9 Å². The van der Waals surface area contributed by atoms with Crippen molar-refractivity contribution in [3.63, 3.8) is 0 Å². The second-order valence-electron chi connectivity index (χ2n) is 9.10. The number of aromatic nitrogens is 1. The molecule has 0 saturated carbocycles. The summed E-state index contributed by atoms with van der Waals surface area (Å²) in [6.45, 7) is -0.473. The van der Waals surface area contributed by atoms with Gasteiger partial charge < -0.3 is 37.5 Å². The molecule has 3 atom stereocenters. The number of nitrogens with two attached hydrogens (primary N) is 2. The number of hydrogen-bond donors (Lipinski definition) is 7. The van der Waals surface area contributed by atoms with Gasteiger partial charge in [-0.1, -0.05) is 48.5 Å². The minimum Gasteiger partial charge on any atom is -0.480 e. The Morgan fingerprint density at radius 3 is 2.26 bits per heavy atom. The number of amides is 4. The fourth-order valence-corrected chi connectivity index (χ4v) is 4.05. The number of carbonyl (C=O) groups excluding carboxylic acids is 4. The predicted octanol–water partition coefficient (Wildman–Crippen LogP) is -0.284. The van der Waals surface area contributed by atoms with E-state index < -0.39 is 54.3 Å². The summed E-state index contributed by atoms with van der Waals surface area (Å²) in [5.41, 5.74) is 13.5. The third-order valence-corrected chi connectivity index (χ3v) is 6.10. The third kappa shape index (κ3) is 8.68. The zero-order valence-corrected chi connectivity index (χ0v) is 21.2. The summed E-state index contributed by atoms with van der Waals surface area (Å²) in [5, 5.41) is 17.8. The van der Waals surface area contributed by atoms with Gasteiger partial charge in [-0.15, -0.1) is 0 Å². The van der Waals surface area contributed by atoms with Crippen LogP contribution in [0.25, 0.3) is 10.9 Å². The molecule has 206 valence electrons. The molecule has 3 aromatic rings. The Morgan fingerprint density at radius 1 is 0.872 bits per heavy atom. The van der Waals surface area contributed by atoms with E-state index in [1.54, 1.807) is 6.20 Å². The summed E-state index contributed by atoms with van der Waals surface area (Å²) in [5.74, 6) is -4.05. The quantitative estimate of drug-likeness (QED) is 0.146. The second-order valence-corrected chi connectivity index (χ2v) is 9.10. The van der Waals surface area contributed by atoms with Crippen molar-refractivity contribution in [2.75, 3.05) is 6.54 Å². The van der Waals surface area contributed by atoms with Crippen molar-refractivity contribution in [3.8, 4) is 0 Å². The van der Waals surface area contributed by atoms with Crippen LogP contribution >= 0.6 is 0 Å². The highest BCUT2D eigenvalue weighted by atomic mass is 16.4. The standard InChI is InChI=1S/C27H32N6O6/c28-19(12-16-6-2-1-3-7-16)25(36)31-15-24(35)32-21(10-11-23(29)34)26(37)33-22(27(38)39)13-17-14-30-20-9-5-4-8-18(17)20/h1-9,14,19,21-22,30H,10-13,15,28H2,(H2,29,34)(H,31,36)(H,32,35)(H,33,37)(H,38,39). The van der Waals surface area contributed by atoms with Crippen LogP contribution in [0, 0.1) is 0 Å². The molecule has 12 heteroatoms. The minimum absolute atomic E-state index is 0.0169. The molecule has 3 unspecified atom stereocenters. The molecule has 0 aliphatic carbocycles. The molecule has 4 amide bonds. The molecule has 0 aliphatic heterocycles. The van der Waals surface area contributed by atoms with Gasteiger partial charge in [-0.25, -0.2) is 4.79 Å². The number of aromatic amines is 1. The fourth-order valence-electron chi connectivity index (χ4n) is 4.05. The number of nitrogens with one attached hydrogen (secondary N) is 4. The van der Waals surface area contributed by atoms with E-state index in [9.17, 15) is 29.1 Å². The van der Waals surface area contributed by atoms with Crippen LogP contribution in [0.4, 0.5) is 0 Å². The van der Waals surface area contributed by atoms with E-state index in [-0.39, 0.29) is 25.7 Å². The van der Waals surface area contributed by atoms with Crippen LogP contribution in [0.3, 0.4) is 0 Å². The Labute approximate surface area is 224 Å². The van der Waals surface area contributed by atoms with Gasteiger partial charge in [0.05, 0.1) is 12.6 Å². The average Bonchev–Trinajstić information content (AvgIpc) is 3.32. The molecule has 9 N–H and O–H groups in total. The van der Waals surface area contributed by atoms with Gasteiger partial charge in [0.15, 0.2) is 0 Å². The summed E-state index contributed by atoms with van der Waals surface area (Å²) in [6.07, 6.45) is 1.53. The van der Waals surface area contributed by atoms with Crippen LogP contribution in [0.15, 0.2) is 60.8 Å². The number of carbonyl (C=O) groups is 5. The lowest BCUT2D eigenvalue weighted by Gasteiger charge is -2.21. The number of hydrogen-bond acceptors (Lipinski definition) is 6. The lowest BCUT2D eigenvalue weighted by molar-refractivity contribution is -0.142. The van der Waals surface area contributed by atoms with Crippen LogP contribution in [-0.2, 0) is 36.8 Å². The zero-order chi connectivity index (χ0) is 28.4. The molecule has 39 heavy (non-hydrogen) atoms. The van der Waals surface area contributed by atoms with Gasteiger partial charge >= 0.3 is 5.97 Å². The minimum atomic E-state index is -1.31. The van der Waals surface area contributed by atoms with Crippen molar-refractivity contribution in [1.82, 2.24) is 20.9 Å². The molecule has 0 radical (unpaired) electrons. The molecule has 0 saturated heterocycles. The summed E-state index contributed by atoms with van der Waals surface area (Å²) in [4.78, 5) is 64.2. The van der Waals surface area contributed by atoms with E-state index in [4.69, 9.17) is 11.5 Å². The van der Waals surface area contributed by atoms with Crippen molar-refractivity contribution in [1.29, 1.82) is 0 Å². The number of H-pyrrole nitrogens is 1. The van der Waals surface area contributed by atoms with E-state index in [2.05, 4.69) is 20.9 Å². The Balaban J connectivity index is 1.59. The first kappa shape index (κ1) is 28.9. The number of primary amides is 1. The normalized spacial score (nSPS) is 13.2. The van der Waals surface area contributed by atoms with Crippen LogP contribution in [0.2, 0.25) is 0 Å². The largest absolute Gasteiger partial charge is 0.480 e. The van der Waals surface area contributed by atoms with E-state index in [0.29, 0.717) is 5.56 Å². The van der Waals surface area contributed by atoms with Crippen molar-refractivity contribution in [2.45, 2.75) is 43.8 Å². The fraction of sp³-hybridized carbons (Fsp3) is 0.296. The van der Waals surface area contributed by atoms with Gasteiger partial charge in [0.25, 0.3) is 0 Å². The van der Waals surface area contributed by atoms with Gasteiger partial charge in [-0.05, 0) is 30.0 Å². The topological polar surface area (TPSA) is 209 Å². The first-order valence-electron chi connectivity index (χ1n) is 12.4. The number of fused-ring (bicyclic) bond motifs is 1. The van der Waals surface area contributed by atoms with Crippen molar-refractivity contribution < 1.29 is 29.1 Å². The van der Waals surface area contributed by atoms with Gasteiger partial charge in [-0.2, -0.15) is 0 Å². The smallest absolute Gasteiger partial charge is 0.326 e. The molecule has 12 nitrogen and oxygen atoms in total. The zero-order valence-electron chi connectivity index (χ0n) is 21.2. The molecule has 2 aromatic carbocycles. The summed E-state index contributed by atoms with van der Waals surface area (Å²) in [7, 11) is 0. The average molecular weight is 537 g/mol. The Morgan fingerprint density at radius 2 is 1.56 bits per heavy atom. The Hall–Kier alpha value is -4.71. The lowest BCUT2D eigenvalue weighted by Crippen LogP contribution is -2.54. The maximum absolute atomic E-state index is 13.0. The van der Waals surface area contributed by atoms with Crippen LogP contribution in [0.1, 0.15) is 24.0 Å². The Kier molecular flexibility index (Phi) is 10.2. The lowest BCUT2D eigenvalue weighted by atomic mass is 10.0. The molecule has 0 bridgehead atoms. The number of rotatable bonds is 14. The van der Waals surface area contributed by atoms with Crippen molar-refractivity contribution in [2.24, 2.45) is 11.5 Å². The van der Waals surface area contributed by atoms with Gasteiger partial charge in [0.1, 0.15) is 12.1 Å². The number of benzene rings is 2. The maximum Gasteiger partial charge on any atom is 0.326 e. The SMILES string of the molecule is NC(=O)CCC(NC(=O)CNC(=O)C(N)Cc1ccccc1)C(=O)NC(Cc1c[nH]c2ccccc12)C(=O)O. The predicted molar refractivity (Wildman–Crippen MR) is 143 cm³/mol. The molecule has 0 fully saturated rings. The van der Waals surface area contributed by atoms with E-state index >= 15 is 0 Å². The highest BCUT2D eigenvalue weighted by Crippen LogP contribution is 2.19. The molecular weight excluding hydrogens is 504 g/mol. The maximum atomic E-state index is 13.0. The molecule has 3 rings (SSSR count). The van der Waals surface area contributed by atoms with E-state index in [1.165, 1.54) is 0 Å². The van der Waals surface area contributed by atoms with Crippen LogP contribution < -0.4 is 27.4 Å². The summed E-state index contributed by atoms with van der Waals surface area (Å²) >= 11 is 0. The number of aliphatic carboxylic acids is 1. The summed E-state index contributed by atoms with van der Waals surface area (Å²) < 4.78 is 0. The third-order valence-electron chi connectivity index (χ3n) is 6.10. The summed E-state index contributed by atoms with van der Waals surface area (Å²) in [6, 6.07) is 13.0. The molecular formula is C27H32N6O6. The number of para-hydroxylation sites is 1. The molecule has 1 aromatic heterocycles. The van der Waals surface area contributed by atoms with Gasteiger partial charge in [0.2, 0.25) is 23.6 Å². The first-order chi connectivity index (χ1) is 18.6.